The number of benzene rings is 1. The van der Waals surface area contributed by atoms with Crippen LogP contribution in [0.25, 0.3) is 0 Å². The Balaban J connectivity index is 1.68. The van der Waals surface area contributed by atoms with E-state index in [0.29, 0.717) is 13.0 Å². The topological polar surface area (TPSA) is 63.7 Å². The molecule has 5 nitrogen and oxygen atoms in total. The molecule has 0 bridgehead atoms. The van der Waals surface area contributed by atoms with Gasteiger partial charge in [-0.1, -0.05) is 32.3 Å². The zero-order chi connectivity index (χ0) is 17.2. The lowest BCUT2D eigenvalue weighted by atomic mass is 10.0. The lowest BCUT2D eigenvalue weighted by molar-refractivity contribution is -0.117. The van der Waals surface area contributed by atoms with Gasteiger partial charge < -0.3 is 9.64 Å². The van der Waals surface area contributed by atoms with Crippen molar-refractivity contribution in [3.05, 3.63) is 24.3 Å². The van der Waals surface area contributed by atoms with Crippen LogP contribution >= 0.6 is 0 Å². The minimum Gasteiger partial charge on any atom is -0.494 e. The highest BCUT2D eigenvalue weighted by Crippen LogP contribution is 2.38. The van der Waals surface area contributed by atoms with Crippen molar-refractivity contribution in [2.75, 3.05) is 23.0 Å². The molecule has 0 N–H and O–H groups in total. The van der Waals surface area contributed by atoms with Crippen molar-refractivity contribution in [2.24, 2.45) is 5.92 Å². The van der Waals surface area contributed by atoms with Crippen LogP contribution in [-0.2, 0) is 14.6 Å². The lowest BCUT2D eigenvalue weighted by Crippen LogP contribution is -2.36. The molecule has 2 aliphatic heterocycles. The summed E-state index contributed by atoms with van der Waals surface area (Å²) in [5, 5.41) is 0. The Morgan fingerprint density at radius 2 is 2.04 bits per heavy atom. The number of rotatable bonds is 7. The van der Waals surface area contributed by atoms with Gasteiger partial charge in [0.2, 0.25) is 5.91 Å². The molecule has 0 saturated carbocycles. The fourth-order valence-corrected chi connectivity index (χ4v) is 5.74. The van der Waals surface area contributed by atoms with Crippen LogP contribution in [0.1, 0.15) is 39.0 Å². The van der Waals surface area contributed by atoms with Crippen molar-refractivity contribution in [1.29, 1.82) is 0 Å². The van der Waals surface area contributed by atoms with Gasteiger partial charge in [0.1, 0.15) is 5.75 Å². The van der Waals surface area contributed by atoms with Gasteiger partial charge in [-0.2, -0.15) is 0 Å². The van der Waals surface area contributed by atoms with Crippen molar-refractivity contribution in [1.82, 2.24) is 0 Å². The third kappa shape index (κ3) is 3.74. The normalized spacial score (nSPS) is 25.0. The molecule has 0 radical (unpaired) electrons. The van der Waals surface area contributed by atoms with Gasteiger partial charge in [0.05, 0.1) is 24.2 Å². The van der Waals surface area contributed by atoms with E-state index in [2.05, 4.69) is 6.92 Å². The van der Waals surface area contributed by atoms with E-state index in [4.69, 9.17) is 4.74 Å². The molecule has 6 heteroatoms. The molecular formula is C18H25NO4S. The molecule has 1 aromatic carbocycles. The molecule has 2 atom stereocenters. The fourth-order valence-electron chi connectivity index (χ4n) is 3.67. The van der Waals surface area contributed by atoms with Gasteiger partial charge in [0, 0.05) is 24.1 Å². The highest BCUT2D eigenvalue weighted by atomic mass is 32.2. The predicted molar refractivity (Wildman–Crippen MR) is 94.1 cm³/mol. The Morgan fingerprint density at radius 3 is 2.83 bits per heavy atom. The monoisotopic (exact) mass is 351 g/mol. The van der Waals surface area contributed by atoms with Crippen LogP contribution in [0.3, 0.4) is 0 Å². The van der Waals surface area contributed by atoms with E-state index in [-0.39, 0.29) is 29.4 Å². The van der Waals surface area contributed by atoms with E-state index >= 15 is 0 Å². The van der Waals surface area contributed by atoms with Gasteiger partial charge in [-0.25, -0.2) is 8.42 Å². The summed E-state index contributed by atoms with van der Waals surface area (Å²) in [4.78, 5) is 14.0. The van der Waals surface area contributed by atoms with Crippen molar-refractivity contribution in [3.8, 4) is 5.75 Å². The second-order valence-corrected chi connectivity index (χ2v) is 8.93. The number of hydrogen-bond donors (Lipinski definition) is 0. The molecule has 1 amide bonds. The molecule has 2 saturated heterocycles. The number of unbranched alkanes of at least 4 members (excludes halogenated alkanes) is 3. The highest BCUT2D eigenvalue weighted by Gasteiger charge is 2.49. The summed E-state index contributed by atoms with van der Waals surface area (Å²) in [5.74, 6) is 0.890. The van der Waals surface area contributed by atoms with Crippen molar-refractivity contribution < 1.29 is 17.9 Å². The standard InChI is InChI=1S/C18H25NO4S/c1-2-3-4-5-9-23-16-8-6-7-15(11-16)19-17-13-24(21,22)12-14(17)10-18(19)20/h6-8,11,14,17H,2-5,9-10,12-13H2,1H3/t14-,17+/m0/s1. The Kier molecular flexibility index (Phi) is 5.13. The largest absolute Gasteiger partial charge is 0.494 e. The summed E-state index contributed by atoms with van der Waals surface area (Å²) in [5.41, 5.74) is 0.746. The minimum absolute atomic E-state index is 0.0139. The van der Waals surface area contributed by atoms with Crippen molar-refractivity contribution in [3.63, 3.8) is 0 Å². The smallest absolute Gasteiger partial charge is 0.227 e. The molecule has 132 valence electrons. The Bertz CT molecular complexity index is 701. The minimum atomic E-state index is -3.03. The summed E-state index contributed by atoms with van der Waals surface area (Å²) in [6, 6.07) is 7.23. The van der Waals surface area contributed by atoms with E-state index < -0.39 is 9.84 Å². The maximum absolute atomic E-state index is 12.3. The lowest BCUT2D eigenvalue weighted by Gasteiger charge is -2.23. The van der Waals surface area contributed by atoms with Crippen molar-refractivity contribution >= 4 is 21.4 Å². The summed E-state index contributed by atoms with van der Waals surface area (Å²) in [7, 11) is -3.03. The third-order valence-electron chi connectivity index (χ3n) is 4.84. The number of anilines is 1. The molecule has 0 spiro atoms. The molecule has 0 aromatic heterocycles. The number of amides is 1. The summed E-state index contributed by atoms with van der Waals surface area (Å²) >= 11 is 0. The average Bonchev–Trinajstić information content (AvgIpc) is 2.97. The number of carbonyl (C=O) groups is 1. The van der Waals surface area contributed by atoms with Crippen LogP contribution < -0.4 is 9.64 Å². The highest BCUT2D eigenvalue weighted by molar-refractivity contribution is 7.91. The molecular weight excluding hydrogens is 326 g/mol. The van der Waals surface area contributed by atoms with Crippen LogP contribution in [-0.4, -0.2) is 38.5 Å². The predicted octanol–water partition coefficient (Wildman–Crippen LogP) is 2.80. The number of ether oxygens (including phenoxy) is 1. The van der Waals surface area contributed by atoms with Crippen LogP contribution in [0.5, 0.6) is 5.75 Å². The molecule has 24 heavy (non-hydrogen) atoms. The van der Waals surface area contributed by atoms with Crippen LogP contribution in [0.4, 0.5) is 5.69 Å². The van der Waals surface area contributed by atoms with E-state index in [1.165, 1.54) is 12.8 Å². The SMILES string of the molecule is CCCCCCOc1cccc(N2C(=O)C[C@H]3CS(=O)(=O)C[C@H]32)c1. The Labute approximate surface area is 143 Å². The first-order valence-corrected chi connectivity index (χ1v) is 10.6. The molecule has 0 unspecified atom stereocenters. The molecule has 3 rings (SSSR count). The number of fused-ring (bicyclic) bond motifs is 1. The number of carbonyl (C=O) groups excluding carboxylic acids is 1. The zero-order valence-electron chi connectivity index (χ0n) is 14.1. The van der Waals surface area contributed by atoms with Gasteiger partial charge in [-0.05, 0) is 18.6 Å². The molecule has 2 aliphatic rings. The van der Waals surface area contributed by atoms with E-state index in [9.17, 15) is 13.2 Å². The van der Waals surface area contributed by atoms with Gasteiger partial charge in [0.25, 0.3) is 0 Å². The first-order valence-electron chi connectivity index (χ1n) is 8.75. The molecule has 2 fully saturated rings. The van der Waals surface area contributed by atoms with Crippen LogP contribution in [0, 0.1) is 5.92 Å². The van der Waals surface area contributed by atoms with Crippen LogP contribution in [0.2, 0.25) is 0 Å². The zero-order valence-corrected chi connectivity index (χ0v) is 14.9. The van der Waals surface area contributed by atoms with E-state index in [1.54, 1.807) is 4.90 Å². The van der Waals surface area contributed by atoms with E-state index in [1.807, 2.05) is 24.3 Å². The summed E-state index contributed by atoms with van der Waals surface area (Å²) < 4.78 is 29.5. The maximum Gasteiger partial charge on any atom is 0.227 e. The summed E-state index contributed by atoms with van der Waals surface area (Å²) in [6.45, 7) is 2.84. The first kappa shape index (κ1) is 17.3. The first-order chi connectivity index (χ1) is 11.5. The van der Waals surface area contributed by atoms with Gasteiger partial charge >= 0.3 is 0 Å². The fraction of sp³-hybridized carbons (Fsp3) is 0.611. The second kappa shape index (κ2) is 7.13. The Morgan fingerprint density at radius 1 is 1.21 bits per heavy atom. The summed E-state index contributed by atoms with van der Waals surface area (Å²) in [6.07, 6.45) is 4.90. The molecule has 0 aliphatic carbocycles. The number of hydrogen-bond acceptors (Lipinski definition) is 4. The van der Waals surface area contributed by atoms with Crippen LogP contribution in [0.15, 0.2) is 24.3 Å². The van der Waals surface area contributed by atoms with E-state index in [0.717, 1.165) is 24.3 Å². The molecule has 2 heterocycles. The third-order valence-corrected chi connectivity index (χ3v) is 6.62. The maximum atomic E-state index is 12.3. The average molecular weight is 351 g/mol. The second-order valence-electron chi connectivity index (χ2n) is 6.78. The van der Waals surface area contributed by atoms with Gasteiger partial charge in [-0.15, -0.1) is 0 Å². The quantitative estimate of drug-likeness (QED) is 0.709. The number of sulfone groups is 1. The van der Waals surface area contributed by atoms with Gasteiger partial charge in [-0.3, -0.25) is 4.79 Å². The number of nitrogens with zero attached hydrogens (tertiary/aromatic N) is 1. The molecule has 1 aromatic rings. The van der Waals surface area contributed by atoms with Crippen molar-refractivity contribution in [2.45, 2.75) is 45.1 Å². The van der Waals surface area contributed by atoms with Gasteiger partial charge in [0.15, 0.2) is 9.84 Å². The Hall–Kier alpha value is -1.56.